The minimum Gasteiger partial charge on any atom is -0.348 e. The lowest BCUT2D eigenvalue weighted by molar-refractivity contribution is -0.116. The largest absolute Gasteiger partial charge is 0.348 e. The van der Waals surface area contributed by atoms with Crippen molar-refractivity contribution >= 4 is 29.5 Å². The van der Waals surface area contributed by atoms with E-state index in [0.29, 0.717) is 17.1 Å². The second-order valence-corrected chi connectivity index (χ2v) is 7.52. The van der Waals surface area contributed by atoms with E-state index in [1.165, 1.54) is 12.5 Å². The Morgan fingerprint density at radius 2 is 1.89 bits per heavy atom. The van der Waals surface area contributed by atoms with Crippen LogP contribution < -0.4 is 5.32 Å². The SMILES string of the molecule is Cc1ccc(C=CC(=O)NCc2cccc(C(=O)N3CCCCC3)c2)cc1Cl. The number of piperidine rings is 1. The molecule has 146 valence electrons. The first-order valence-corrected chi connectivity index (χ1v) is 10.0. The Balaban J connectivity index is 1.56. The van der Waals surface area contributed by atoms with Crippen LogP contribution in [0.5, 0.6) is 0 Å². The highest BCUT2D eigenvalue weighted by atomic mass is 35.5. The summed E-state index contributed by atoms with van der Waals surface area (Å²) in [5.74, 6) is -0.117. The van der Waals surface area contributed by atoms with E-state index in [-0.39, 0.29) is 11.8 Å². The summed E-state index contributed by atoms with van der Waals surface area (Å²) < 4.78 is 0. The van der Waals surface area contributed by atoms with Crippen LogP contribution in [0.25, 0.3) is 6.08 Å². The number of halogens is 1. The maximum atomic E-state index is 12.6. The first-order chi connectivity index (χ1) is 13.5. The van der Waals surface area contributed by atoms with Gasteiger partial charge in [-0.25, -0.2) is 0 Å². The van der Waals surface area contributed by atoms with Gasteiger partial charge in [0.15, 0.2) is 0 Å². The highest BCUT2D eigenvalue weighted by molar-refractivity contribution is 6.31. The number of nitrogens with one attached hydrogen (secondary N) is 1. The molecular weight excluding hydrogens is 372 g/mol. The van der Waals surface area contributed by atoms with Crippen LogP contribution >= 0.6 is 11.6 Å². The van der Waals surface area contributed by atoms with Crippen LogP contribution in [-0.2, 0) is 11.3 Å². The third-order valence-electron chi connectivity index (χ3n) is 4.91. The zero-order valence-electron chi connectivity index (χ0n) is 16.1. The van der Waals surface area contributed by atoms with E-state index in [1.807, 2.05) is 54.3 Å². The second kappa shape index (κ2) is 9.56. The molecule has 0 spiro atoms. The van der Waals surface area contributed by atoms with Crippen molar-refractivity contribution in [3.05, 3.63) is 75.8 Å². The first-order valence-electron chi connectivity index (χ1n) is 9.63. The molecule has 1 aliphatic rings. The number of carbonyl (C=O) groups is 2. The monoisotopic (exact) mass is 396 g/mol. The number of nitrogens with zero attached hydrogens (tertiary/aromatic N) is 1. The van der Waals surface area contributed by atoms with Gasteiger partial charge in [0.2, 0.25) is 5.91 Å². The van der Waals surface area contributed by atoms with Gasteiger partial charge in [0, 0.05) is 36.3 Å². The van der Waals surface area contributed by atoms with Crippen LogP contribution in [0.15, 0.2) is 48.5 Å². The molecule has 0 aromatic heterocycles. The molecule has 1 fully saturated rings. The fraction of sp³-hybridized carbons (Fsp3) is 0.304. The summed E-state index contributed by atoms with van der Waals surface area (Å²) in [4.78, 5) is 26.6. The van der Waals surface area contributed by atoms with Crippen molar-refractivity contribution in [1.29, 1.82) is 0 Å². The van der Waals surface area contributed by atoms with Gasteiger partial charge in [-0.1, -0.05) is 35.9 Å². The molecular formula is C23H25ClN2O2. The third kappa shape index (κ3) is 5.46. The molecule has 2 amide bonds. The lowest BCUT2D eigenvalue weighted by Crippen LogP contribution is -2.35. The molecule has 28 heavy (non-hydrogen) atoms. The molecule has 5 heteroatoms. The van der Waals surface area contributed by atoms with Gasteiger partial charge in [0.25, 0.3) is 5.91 Å². The van der Waals surface area contributed by atoms with Crippen molar-refractivity contribution in [1.82, 2.24) is 10.2 Å². The summed E-state index contributed by atoms with van der Waals surface area (Å²) in [7, 11) is 0. The molecule has 2 aromatic rings. The minimum absolute atomic E-state index is 0.0732. The van der Waals surface area contributed by atoms with E-state index in [2.05, 4.69) is 5.32 Å². The Morgan fingerprint density at radius 3 is 2.64 bits per heavy atom. The molecule has 0 atom stereocenters. The Bertz CT molecular complexity index is 886. The highest BCUT2D eigenvalue weighted by Crippen LogP contribution is 2.17. The lowest BCUT2D eigenvalue weighted by Gasteiger charge is -2.26. The molecule has 0 bridgehead atoms. The van der Waals surface area contributed by atoms with Crippen molar-refractivity contribution < 1.29 is 9.59 Å². The fourth-order valence-corrected chi connectivity index (χ4v) is 3.42. The van der Waals surface area contributed by atoms with Crippen LogP contribution in [0.3, 0.4) is 0 Å². The number of likely N-dealkylation sites (tertiary alicyclic amines) is 1. The summed E-state index contributed by atoms with van der Waals surface area (Å²) in [6, 6.07) is 13.1. The number of rotatable bonds is 5. The van der Waals surface area contributed by atoms with Gasteiger partial charge >= 0.3 is 0 Å². The van der Waals surface area contributed by atoms with Crippen molar-refractivity contribution in [2.75, 3.05) is 13.1 Å². The smallest absolute Gasteiger partial charge is 0.253 e. The van der Waals surface area contributed by atoms with E-state index in [4.69, 9.17) is 11.6 Å². The number of amides is 2. The Morgan fingerprint density at radius 1 is 1.11 bits per heavy atom. The molecule has 1 heterocycles. The summed E-state index contributed by atoms with van der Waals surface area (Å²) in [6.45, 7) is 3.97. The van der Waals surface area contributed by atoms with E-state index in [0.717, 1.165) is 42.6 Å². The molecule has 0 aliphatic carbocycles. The first kappa shape index (κ1) is 20.2. The second-order valence-electron chi connectivity index (χ2n) is 7.11. The number of hydrogen-bond donors (Lipinski definition) is 1. The average molecular weight is 397 g/mol. The van der Waals surface area contributed by atoms with Gasteiger partial charge in [0.1, 0.15) is 0 Å². The van der Waals surface area contributed by atoms with Crippen LogP contribution in [-0.4, -0.2) is 29.8 Å². The zero-order valence-corrected chi connectivity index (χ0v) is 16.8. The van der Waals surface area contributed by atoms with E-state index >= 15 is 0 Å². The molecule has 3 rings (SSSR count). The minimum atomic E-state index is -0.190. The molecule has 1 aliphatic heterocycles. The summed E-state index contributed by atoms with van der Waals surface area (Å²) in [5.41, 5.74) is 3.46. The Hall–Kier alpha value is -2.59. The Labute approximate surface area is 171 Å². The lowest BCUT2D eigenvalue weighted by atomic mass is 10.1. The van der Waals surface area contributed by atoms with Crippen LogP contribution in [0.4, 0.5) is 0 Å². The molecule has 0 radical (unpaired) electrons. The number of hydrogen-bond acceptors (Lipinski definition) is 2. The number of benzene rings is 2. The average Bonchev–Trinajstić information content (AvgIpc) is 2.73. The summed E-state index contributed by atoms with van der Waals surface area (Å²) >= 11 is 6.10. The van der Waals surface area contributed by atoms with Gasteiger partial charge in [-0.15, -0.1) is 0 Å². The van der Waals surface area contributed by atoms with Gasteiger partial charge < -0.3 is 10.2 Å². The summed E-state index contributed by atoms with van der Waals surface area (Å²) in [6.07, 6.45) is 6.55. The Kier molecular flexibility index (Phi) is 6.88. The quantitative estimate of drug-likeness (QED) is 0.750. The number of aryl methyl sites for hydroxylation is 1. The van der Waals surface area contributed by atoms with Crippen molar-refractivity contribution in [2.45, 2.75) is 32.7 Å². The summed E-state index contributed by atoms with van der Waals surface area (Å²) in [5, 5.41) is 3.54. The van der Waals surface area contributed by atoms with Crippen molar-refractivity contribution in [3.63, 3.8) is 0 Å². The topological polar surface area (TPSA) is 49.4 Å². The highest BCUT2D eigenvalue weighted by Gasteiger charge is 2.18. The molecule has 1 N–H and O–H groups in total. The van der Waals surface area contributed by atoms with Gasteiger partial charge in [-0.2, -0.15) is 0 Å². The van der Waals surface area contributed by atoms with Crippen LogP contribution in [0, 0.1) is 6.92 Å². The van der Waals surface area contributed by atoms with Gasteiger partial charge in [-0.05, 0) is 67.2 Å². The molecule has 4 nitrogen and oxygen atoms in total. The van der Waals surface area contributed by atoms with E-state index < -0.39 is 0 Å². The zero-order chi connectivity index (χ0) is 19.9. The van der Waals surface area contributed by atoms with Crippen molar-refractivity contribution in [3.8, 4) is 0 Å². The maximum absolute atomic E-state index is 12.6. The van der Waals surface area contributed by atoms with Crippen molar-refractivity contribution in [2.24, 2.45) is 0 Å². The maximum Gasteiger partial charge on any atom is 0.253 e. The van der Waals surface area contributed by atoms with Gasteiger partial charge in [0.05, 0.1) is 0 Å². The normalized spacial score (nSPS) is 14.3. The number of carbonyl (C=O) groups excluding carboxylic acids is 2. The molecule has 1 saturated heterocycles. The molecule has 0 saturated carbocycles. The predicted octanol–water partition coefficient (Wildman–Crippen LogP) is 4.60. The third-order valence-corrected chi connectivity index (χ3v) is 5.31. The van der Waals surface area contributed by atoms with E-state index in [9.17, 15) is 9.59 Å². The predicted molar refractivity (Wildman–Crippen MR) is 113 cm³/mol. The fourth-order valence-electron chi connectivity index (χ4n) is 3.23. The van der Waals surface area contributed by atoms with Crippen LogP contribution in [0.1, 0.15) is 46.3 Å². The standard InChI is InChI=1S/C23H25ClN2O2/c1-17-8-9-18(15-21(17)24)10-11-22(27)25-16-19-6-5-7-20(14-19)23(28)26-12-3-2-4-13-26/h5-11,14-15H,2-4,12-13,16H2,1H3,(H,25,27). The molecule has 2 aromatic carbocycles. The van der Waals surface area contributed by atoms with Crippen LogP contribution in [0.2, 0.25) is 5.02 Å². The molecule has 0 unspecified atom stereocenters. The van der Waals surface area contributed by atoms with E-state index in [1.54, 1.807) is 6.08 Å². The van der Waals surface area contributed by atoms with Gasteiger partial charge in [-0.3, -0.25) is 9.59 Å².